The standard InChI is InChI=1S/C16H18N2O3/c19-15(18-9-10-5-7-17-8-6-10)13-11-1-3-12(4-2-11)14(13)16(20)21/h1,3,5-8,11-14H,2,4,9H2,(H,18,19)(H,20,21)/t11-,12+,13+,14+/m1/s1. The van der Waals surface area contributed by atoms with Gasteiger partial charge in [0, 0.05) is 18.9 Å². The molecule has 0 spiro atoms. The SMILES string of the molecule is O=C(NCc1ccncc1)[C@@H]1[C@@H](C(=O)O)[C@H]2C=C[C@@H]1CC2. The molecule has 2 N–H and O–H groups in total. The normalized spacial score (nSPS) is 30.1. The minimum Gasteiger partial charge on any atom is -0.481 e. The number of aromatic nitrogens is 1. The van der Waals surface area contributed by atoms with Gasteiger partial charge in [-0.1, -0.05) is 12.2 Å². The lowest BCUT2D eigenvalue weighted by molar-refractivity contribution is -0.153. The summed E-state index contributed by atoms with van der Waals surface area (Å²) in [6.07, 6.45) is 9.11. The molecule has 1 aromatic rings. The second-order valence-corrected chi connectivity index (χ2v) is 5.75. The number of carboxylic acid groups (broad SMARTS) is 1. The summed E-state index contributed by atoms with van der Waals surface area (Å²) < 4.78 is 0. The highest BCUT2D eigenvalue weighted by Gasteiger charge is 2.47. The van der Waals surface area contributed by atoms with E-state index in [0.29, 0.717) is 6.54 Å². The van der Waals surface area contributed by atoms with Gasteiger partial charge < -0.3 is 10.4 Å². The first kappa shape index (κ1) is 13.8. The topological polar surface area (TPSA) is 79.3 Å². The molecule has 2 bridgehead atoms. The van der Waals surface area contributed by atoms with E-state index in [1.54, 1.807) is 12.4 Å². The quantitative estimate of drug-likeness (QED) is 0.824. The van der Waals surface area contributed by atoms with Crippen molar-refractivity contribution < 1.29 is 14.7 Å². The maximum atomic E-state index is 12.5. The Morgan fingerprint density at radius 2 is 1.76 bits per heavy atom. The third kappa shape index (κ3) is 2.68. The van der Waals surface area contributed by atoms with Crippen LogP contribution in [-0.4, -0.2) is 22.0 Å². The summed E-state index contributed by atoms with van der Waals surface area (Å²) in [6.45, 7) is 0.408. The maximum absolute atomic E-state index is 12.5. The van der Waals surface area contributed by atoms with Crippen molar-refractivity contribution in [3.63, 3.8) is 0 Å². The molecule has 1 amide bonds. The van der Waals surface area contributed by atoms with Crippen molar-refractivity contribution >= 4 is 11.9 Å². The van der Waals surface area contributed by atoms with Crippen molar-refractivity contribution in [3.8, 4) is 0 Å². The maximum Gasteiger partial charge on any atom is 0.307 e. The van der Waals surface area contributed by atoms with Gasteiger partial charge in [-0.15, -0.1) is 0 Å². The average Bonchev–Trinajstić information content (AvgIpc) is 2.53. The van der Waals surface area contributed by atoms with Crippen LogP contribution < -0.4 is 5.32 Å². The number of hydrogen-bond acceptors (Lipinski definition) is 3. The molecule has 1 heterocycles. The van der Waals surface area contributed by atoms with Crippen molar-refractivity contribution in [2.75, 3.05) is 0 Å². The van der Waals surface area contributed by atoms with Crippen LogP contribution in [-0.2, 0) is 16.1 Å². The van der Waals surface area contributed by atoms with Gasteiger partial charge in [0.2, 0.25) is 5.91 Å². The van der Waals surface area contributed by atoms with Crippen molar-refractivity contribution in [2.45, 2.75) is 19.4 Å². The monoisotopic (exact) mass is 286 g/mol. The molecule has 4 rings (SSSR count). The Morgan fingerprint density at radius 1 is 1.14 bits per heavy atom. The molecule has 1 aromatic heterocycles. The van der Waals surface area contributed by atoms with E-state index in [2.05, 4.69) is 10.3 Å². The fraction of sp³-hybridized carbons (Fsp3) is 0.438. The van der Waals surface area contributed by atoms with Crippen LogP contribution in [0.15, 0.2) is 36.7 Å². The highest BCUT2D eigenvalue weighted by Crippen LogP contribution is 2.45. The average molecular weight is 286 g/mol. The van der Waals surface area contributed by atoms with E-state index in [1.165, 1.54) is 0 Å². The number of allylic oxidation sites excluding steroid dienone is 2. The minimum absolute atomic E-state index is 0.0100. The van der Waals surface area contributed by atoms with E-state index in [-0.39, 0.29) is 17.7 Å². The Balaban J connectivity index is 1.71. The van der Waals surface area contributed by atoms with Crippen molar-refractivity contribution in [2.24, 2.45) is 23.7 Å². The molecule has 0 aliphatic heterocycles. The lowest BCUT2D eigenvalue weighted by atomic mass is 9.62. The number of rotatable bonds is 4. The zero-order valence-electron chi connectivity index (χ0n) is 11.6. The molecule has 5 nitrogen and oxygen atoms in total. The molecule has 3 aliphatic rings. The van der Waals surface area contributed by atoms with E-state index in [4.69, 9.17) is 0 Å². The molecule has 110 valence electrons. The predicted octanol–water partition coefficient (Wildman–Crippen LogP) is 1.61. The minimum atomic E-state index is -0.863. The van der Waals surface area contributed by atoms with E-state index < -0.39 is 17.8 Å². The summed E-state index contributed by atoms with van der Waals surface area (Å²) in [5, 5.41) is 12.3. The first-order chi connectivity index (χ1) is 10.2. The summed E-state index contributed by atoms with van der Waals surface area (Å²) in [4.78, 5) is 27.9. The molecule has 4 atom stereocenters. The molecule has 0 aromatic carbocycles. The number of pyridine rings is 1. The summed E-state index contributed by atoms with van der Waals surface area (Å²) in [5.41, 5.74) is 0.960. The number of carbonyl (C=O) groups is 2. The molecule has 5 heteroatoms. The van der Waals surface area contributed by atoms with Gasteiger partial charge in [-0.3, -0.25) is 14.6 Å². The van der Waals surface area contributed by atoms with Crippen LogP contribution in [0.5, 0.6) is 0 Å². The zero-order chi connectivity index (χ0) is 14.8. The van der Waals surface area contributed by atoms with Crippen LogP contribution in [0, 0.1) is 23.7 Å². The fourth-order valence-electron chi connectivity index (χ4n) is 3.50. The van der Waals surface area contributed by atoms with Crippen LogP contribution in [0.25, 0.3) is 0 Å². The van der Waals surface area contributed by atoms with Gasteiger partial charge in [-0.05, 0) is 42.4 Å². The Bertz CT molecular complexity index is 570. The summed E-state index contributed by atoms with van der Waals surface area (Å²) in [5.74, 6) is -2.02. The Morgan fingerprint density at radius 3 is 2.33 bits per heavy atom. The number of amides is 1. The molecule has 3 aliphatic carbocycles. The van der Waals surface area contributed by atoms with Gasteiger partial charge in [-0.2, -0.15) is 0 Å². The number of fused-ring (bicyclic) bond motifs is 2. The largest absolute Gasteiger partial charge is 0.481 e. The first-order valence-electron chi connectivity index (χ1n) is 7.24. The molecule has 0 saturated heterocycles. The molecule has 0 unspecified atom stereocenters. The van der Waals surface area contributed by atoms with Crippen LogP contribution in [0.1, 0.15) is 18.4 Å². The van der Waals surface area contributed by atoms with Gasteiger partial charge >= 0.3 is 5.97 Å². The molecule has 0 radical (unpaired) electrons. The number of carboxylic acids is 1. The van der Waals surface area contributed by atoms with Gasteiger partial charge in [0.15, 0.2) is 0 Å². The van der Waals surface area contributed by atoms with Crippen LogP contribution in [0.2, 0.25) is 0 Å². The lowest BCUT2D eigenvalue weighted by Gasteiger charge is -2.41. The Hall–Kier alpha value is -2.17. The van der Waals surface area contributed by atoms with E-state index in [0.717, 1.165) is 18.4 Å². The zero-order valence-corrected chi connectivity index (χ0v) is 11.6. The lowest BCUT2D eigenvalue weighted by Crippen LogP contribution is -2.48. The van der Waals surface area contributed by atoms with Crippen LogP contribution in [0.3, 0.4) is 0 Å². The van der Waals surface area contributed by atoms with Crippen molar-refractivity contribution in [1.82, 2.24) is 10.3 Å². The van der Waals surface area contributed by atoms with Crippen molar-refractivity contribution in [1.29, 1.82) is 0 Å². The fourth-order valence-corrected chi connectivity index (χ4v) is 3.50. The van der Waals surface area contributed by atoms with Crippen molar-refractivity contribution in [3.05, 3.63) is 42.2 Å². The van der Waals surface area contributed by atoms with E-state index in [9.17, 15) is 14.7 Å². The number of hydrogen-bond donors (Lipinski definition) is 2. The van der Waals surface area contributed by atoms with Gasteiger partial charge in [0.1, 0.15) is 0 Å². The van der Waals surface area contributed by atoms with Crippen LogP contribution in [0.4, 0.5) is 0 Å². The smallest absolute Gasteiger partial charge is 0.307 e. The first-order valence-corrected chi connectivity index (χ1v) is 7.24. The Kier molecular flexibility index (Phi) is 3.73. The molecular weight excluding hydrogens is 268 g/mol. The predicted molar refractivity (Wildman–Crippen MR) is 76.1 cm³/mol. The third-order valence-electron chi connectivity index (χ3n) is 4.55. The van der Waals surface area contributed by atoms with E-state index in [1.807, 2.05) is 24.3 Å². The second-order valence-electron chi connectivity index (χ2n) is 5.75. The van der Waals surface area contributed by atoms with Gasteiger partial charge in [0.05, 0.1) is 11.8 Å². The second kappa shape index (κ2) is 5.68. The molecule has 1 saturated carbocycles. The van der Waals surface area contributed by atoms with E-state index >= 15 is 0 Å². The number of aliphatic carboxylic acids is 1. The van der Waals surface area contributed by atoms with Gasteiger partial charge in [0.25, 0.3) is 0 Å². The third-order valence-corrected chi connectivity index (χ3v) is 4.55. The molecule has 21 heavy (non-hydrogen) atoms. The van der Waals surface area contributed by atoms with Crippen LogP contribution >= 0.6 is 0 Å². The summed E-state index contributed by atoms with van der Waals surface area (Å²) in [7, 11) is 0. The van der Waals surface area contributed by atoms with Gasteiger partial charge in [-0.25, -0.2) is 0 Å². The molecular formula is C16H18N2O3. The number of nitrogens with zero attached hydrogens (tertiary/aromatic N) is 1. The summed E-state index contributed by atoms with van der Waals surface area (Å²) >= 11 is 0. The summed E-state index contributed by atoms with van der Waals surface area (Å²) in [6, 6.07) is 3.67. The number of carbonyl (C=O) groups excluding carboxylic acids is 1. The Labute approximate surface area is 123 Å². The number of nitrogens with one attached hydrogen (secondary N) is 1. The highest BCUT2D eigenvalue weighted by molar-refractivity contribution is 5.86. The highest BCUT2D eigenvalue weighted by atomic mass is 16.4. The molecule has 1 fully saturated rings.